The highest BCUT2D eigenvalue weighted by Crippen LogP contribution is 2.12. The van der Waals surface area contributed by atoms with Gasteiger partial charge in [-0.25, -0.2) is 9.68 Å². The summed E-state index contributed by atoms with van der Waals surface area (Å²) in [5.74, 6) is -1.30. The largest absolute Gasteiger partial charge is 0.481 e. The van der Waals surface area contributed by atoms with Gasteiger partial charge in [0.1, 0.15) is 18.6 Å². The van der Waals surface area contributed by atoms with Crippen LogP contribution in [0.15, 0.2) is 0 Å². The molecule has 1 aliphatic rings. The number of carboxylic acid groups (broad SMARTS) is 1. The summed E-state index contributed by atoms with van der Waals surface area (Å²) < 4.78 is 32.5. The average molecular weight is 738 g/mol. The average Bonchev–Trinajstić information content (AvgIpc) is 3.62. The van der Waals surface area contributed by atoms with E-state index in [0.29, 0.717) is 111 Å². The zero-order valence-corrected chi connectivity index (χ0v) is 30.4. The van der Waals surface area contributed by atoms with E-state index in [-0.39, 0.29) is 37.7 Å². The maximum Gasteiger partial charge on any atom is 0.333 e. The molecule has 1 rings (SSSR count). The van der Waals surface area contributed by atoms with Gasteiger partial charge < -0.3 is 49.0 Å². The molecule has 1 heterocycles. The molecule has 0 saturated carbocycles. The van der Waals surface area contributed by atoms with E-state index >= 15 is 0 Å². The van der Waals surface area contributed by atoms with Crippen LogP contribution >= 0.6 is 0 Å². The predicted octanol–water partition coefficient (Wildman–Crippen LogP) is 2.50. The van der Waals surface area contributed by atoms with E-state index in [2.05, 4.69) is 10.6 Å². The monoisotopic (exact) mass is 737 g/mol. The van der Waals surface area contributed by atoms with Crippen molar-refractivity contribution in [3.63, 3.8) is 0 Å². The number of amides is 2. The summed E-state index contributed by atoms with van der Waals surface area (Å²) in [4.78, 5) is 60.3. The molecule has 0 aromatic carbocycles. The van der Waals surface area contributed by atoms with E-state index in [4.69, 9.17) is 48.0 Å². The third kappa shape index (κ3) is 34.4. The molecule has 51 heavy (non-hydrogen) atoms. The lowest BCUT2D eigenvalue weighted by molar-refractivity contribution is -0.460. The third-order valence-corrected chi connectivity index (χ3v) is 7.25. The number of ether oxygens (including phenoxy) is 6. The van der Waals surface area contributed by atoms with Crippen LogP contribution in [0.25, 0.3) is 0 Å². The number of aliphatic carboxylic acids is 1. The van der Waals surface area contributed by atoms with Crippen molar-refractivity contribution in [3.8, 4) is 0 Å². The van der Waals surface area contributed by atoms with Crippen molar-refractivity contribution >= 4 is 23.8 Å². The van der Waals surface area contributed by atoms with E-state index in [1.54, 1.807) is 0 Å². The Labute approximate surface area is 302 Å². The SMILES string of the molecule is O=C(O)CCCCCCCCCCCCC(=O)NCCOCCOCCOCCC(=O)NCCOCCOCCOCCC(=O)ON1OCCO1. The molecular formula is C34H63N3O14. The first-order valence-electron chi connectivity index (χ1n) is 18.5. The normalized spacial score (nSPS) is 13.0. The highest BCUT2D eigenvalue weighted by molar-refractivity contribution is 5.76. The van der Waals surface area contributed by atoms with E-state index in [9.17, 15) is 19.2 Å². The second kappa shape index (κ2) is 35.9. The van der Waals surface area contributed by atoms with Crippen molar-refractivity contribution in [2.45, 2.75) is 89.9 Å². The summed E-state index contributed by atoms with van der Waals surface area (Å²) in [6.07, 6.45) is 11.9. The fourth-order valence-electron chi connectivity index (χ4n) is 4.52. The van der Waals surface area contributed by atoms with E-state index in [1.807, 2.05) is 0 Å². The van der Waals surface area contributed by atoms with Gasteiger partial charge >= 0.3 is 11.9 Å². The zero-order chi connectivity index (χ0) is 36.9. The Kier molecular flexibility index (Phi) is 32.8. The van der Waals surface area contributed by atoms with E-state index < -0.39 is 11.9 Å². The first-order valence-corrected chi connectivity index (χ1v) is 18.5. The number of hydrogen-bond donors (Lipinski definition) is 3. The van der Waals surface area contributed by atoms with Crippen molar-refractivity contribution in [2.75, 3.05) is 106 Å². The molecule has 0 radical (unpaired) electrons. The highest BCUT2D eigenvalue weighted by atomic mass is 17.2. The molecule has 298 valence electrons. The first-order chi connectivity index (χ1) is 25.0. The summed E-state index contributed by atoms with van der Waals surface area (Å²) in [7, 11) is 0. The Bertz CT molecular complexity index is 864. The van der Waals surface area contributed by atoms with Crippen molar-refractivity contribution < 1.29 is 67.2 Å². The lowest BCUT2D eigenvalue weighted by Gasteiger charge is -2.10. The summed E-state index contributed by atoms with van der Waals surface area (Å²) in [5.41, 5.74) is 0. The lowest BCUT2D eigenvalue weighted by Crippen LogP contribution is -2.28. The maximum atomic E-state index is 11.9. The van der Waals surface area contributed by atoms with Crippen LogP contribution in [0.4, 0.5) is 0 Å². The van der Waals surface area contributed by atoms with Gasteiger partial charge in [0.2, 0.25) is 11.8 Å². The Balaban J connectivity index is 1.70. The van der Waals surface area contributed by atoms with Crippen molar-refractivity contribution in [3.05, 3.63) is 0 Å². The molecule has 0 aromatic heterocycles. The number of nitrogens with one attached hydrogen (secondary N) is 2. The summed E-state index contributed by atoms with van der Waals surface area (Å²) >= 11 is 0. The second-order valence-electron chi connectivity index (χ2n) is 11.7. The molecule has 0 unspecified atom stereocenters. The van der Waals surface area contributed by atoms with Gasteiger partial charge in [-0.05, 0) is 12.8 Å². The number of carboxylic acids is 1. The van der Waals surface area contributed by atoms with Gasteiger partial charge in [-0.3, -0.25) is 19.2 Å². The van der Waals surface area contributed by atoms with Crippen LogP contribution in [-0.2, 0) is 62.1 Å². The number of hydrogen-bond acceptors (Lipinski definition) is 14. The smallest absolute Gasteiger partial charge is 0.333 e. The Morgan fingerprint density at radius 3 is 1.31 bits per heavy atom. The molecule has 2 amide bonds. The standard InChI is InChI=1S/C34H63N3O14/c38-31(11-9-7-5-3-1-2-4-6-8-10-12-33(40)41)35-15-19-45-23-27-47-25-21-43-17-13-32(39)36-16-20-46-24-28-48-26-22-44-18-14-34(42)51-37-49-29-30-50-37/h1-30H2,(H,35,38)(H,36,39)(H,40,41). The molecule has 3 N–H and O–H groups in total. The van der Waals surface area contributed by atoms with Crippen molar-refractivity contribution in [1.29, 1.82) is 0 Å². The van der Waals surface area contributed by atoms with Crippen LogP contribution in [0, 0.1) is 0 Å². The van der Waals surface area contributed by atoms with Crippen LogP contribution in [-0.4, -0.2) is 140 Å². The molecule has 0 spiro atoms. The second-order valence-corrected chi connectivity index (χ2v) is 11.7. The number of unbranched alkanes of at least 4 members (excludes halogenated alkanes) is 9. The molecule has 0 aromatic rings. The minimum Gasteiger partial charge on any atom is -0.481 e. The third-order valence-electron chi connectivity index (χ3n) is 7.25. The molecule has 1 aliphatic heterocycles. The highest BCUT2D eigenvalue weighted by Gasteiger charge is 2.18. The van der Waals surface area contributed by atoms with Gasteiger partial charge in [0, 0.05) is 32.4 Å². The molecule has 0 atom stereocenters. The molecule has 17 heteroatoms. The quantitative estimate of drug-likeness (QED) is 0.0781. The van der Waals surface area contributed by atoms with Gasteiger partial charge in [-0.15, -0.1) is 0 Å². The minimum atomic E-state index is -0.710. The van der Waals surface area contributed by atoms with Gasteiger partial charge in [0.25, 0.3) is 0 Å². The molecular weight excluding hydrogens is 674 g/mol. The Morgan fingerprint density at radius 1 is 0.471 bits per heavy atom. The number of carbonyl (C=O) groups is 4. The number of nitrogens with zero attached hydrogens (tertiary/aromatic N) is 1. The van der Waals surface area contributed by atoms with Crippen LogP contribution < -0.4 is 10.6 Å². The molecule has 1 fully saturated rings. The molecule has 1 saturated heterocycles. The first kappa shape index (κ1) is 46.5. The van der Waals surface area contributed by atoms with Crippen LogP contribution in [0.2, 0.25) is 0 Å². The molecule has 0 aliphatic carbocycles. The summed E-state index contributed by atoms with van der Waals surface area (Å²) in [6.45, 7) is 5.91. The molecule has 17 nitrogen and oxygen atoms in total. The van der Waals surface area contributed by atoms with Gasteiger partial charge in [0.05, 0.1) is 85.7 Å². The maximum absolute atomic E-state index is 11.9. The lowest BCUT2D eigenvalue weighted by atomic mass is 10.1. The van der Waals surface area contributed by atoms with E-state index in [0.717, 1.165) is 38.5 Å². The Morgan fingerprint density at radius 2 is 0.843 bits per heavy atom. The topological polar surface area (TPSA) is 199 Å². The fraction of sp³-hybridized carbons (Fsp3) is 0.882. The van der Waals surface area contributed by atoms with Crippen LogP contribution in [0.3, 0.4) is 0 Å². The van der Waals surface area contributed by atoms with Gasteiger partial charge in [-0.1, -0.05) is 51.4 Å². The van der Waals surface area contributed by atoms with Gasteiger partial charge in [-0.2, -0.15) is 0 Å². The number of carbonyl (C=O) groups excluding carboxylic acids is 3. The number of rotatable bonds is 38. The minimum absolute atomic E-state index is 0.0525. The van der Waals surface area contributed by atoms with Crippen molar-refractivity contribution in [1.82, 2.24) is 16.0 Å². The summed E-state index contributed by atoms with van der Waals surface area (Å²) in [6, 6.07) is 0. The Hall–Kier alpha value is -2.48. The predicted molar refractivity (Wildman–Crippen MR) is 183 cm³/mol. The van der Waals surface area contributed by atoms with Crippen LogP contribution in [0.1, 0.15) is 89.9 Å². The van der Waals surface area contributed by atoms with Gasteiger partial charge in [0.15, 0.2) is 0 Å². The summed E-state index contributed by atoms with van der Waals surface area (Å²) in [5, 5.41) is 15.0. The molecule has 0 bridgehead atoms. The van der Waals surface area contributed by atoms with E-state index in [1.165, 1.54) is 25.7 Å². The fourth-order valence-corrected chi connectivity index (χ4v) is 4.52. The zero-order valence-electron chi connectivity index (χ0n) is 30.4. The van der Waals surface area contributed by atoms with Crippen LogP contribution in [0.5, 0.6) is 0 Å². The van der Waals surface area contributed by atoms with Crippen molar-refractivity contribution in [2.24, 2.45) is 0 Å².